The van der Waals surface area contributed by atoms with Gasteiger partial charge in [0, 0.05) is 38.3 Å². The normalized spacial score (nSPS) is 14.0. The van der Waals surface area contributed by atoms with Gasteiger partial charge in [-0.05, 0) is 42.0 Å². The van der Waals surface area contributed by atoms with Crippen LogP contribution in [0.5, 0.6) is 5.75 Å². The van der Waals surface area contributed by atoms with Crippen LogP contribution in [-0.2, 0) is 6.54 Å². The molecule has 5 nitrogen and oxygen atoms in total. The summed E-state index contributed by atoms with van der Waals surface area (Å²) in [4.78, 5) is 16.5. The van der Waals surface area contributed by atoms with Crippen LogP contribution in [0.3, 0.4) is 0 Å². The average Bonchev–Trinajstić information content (AvgIpc) is 2.72. The fourth-order valence-electron chi connectivity index (χ4n) is 2.91. The average molecular weight is 369 g/mol. The van der Waals surface area contributed by atoms with Crippen molar-refractivity contribution in [3.63, 3.8) is 0 Å². The summed E-state index contributed by atoms with van der Waals surface area (Å²) in [5.74, 6) is 0.929. The zero-order valence-electron chi connectivity index (χ0n) is 14.9. The summed E-state index contributed by atoms with van der Waals surface area (Å²) >= 11 is 5.51. The minimum Gasteiger partial charge on any atom is -0.497 e. The highest BCUT2D eigenvalue weighted by atomic mass is 32.1. The summed E-state index contributed by atoms with van der Waals surface area (Å²) in [6.45, 7) is 3.52. The van der Waals surface area contributed by atoms with E-state index >= 15 is 0 Å². The summed E-state index contributed by atoms with van der Waals surface area (Å²) in [5, 5.41) is 4.02. The van der Waals surface area contributed by atoms with Crippen LogP contribution in [0.25, 0.3) is 0 Å². The van der Waals surface area contributed by atoms with Gasteiger partial charge in [-0.3, -0.25) is 4.79 Å². The third-order valence-corrected chi connectivity index (χ3v) is 4.88. The molecule has 0 spiro atoms. The Balaban J connectivity index is 1.46. The highest BCUT2D eigenvalue weighted by Gasteiger charge is 2.23. The Hall–Kier alpha value is -2.60. The second kappa shape index (κ2) is 8.67. The number of piperazine rings is 1. The molecule has 1 N–H and O–H groups in total. The number of benzene rings is 2. The number of nitrogens with one attached hydrogen (secondary N) is 1. The molecular weight excluding hydrogens is 346 g/mol. The first kappa shape index (κ1) is 18.2. The minimum atomic E-state index is 0.0855. The lowest BCUT2D eigenvalue weighted by molar-refractivity contribution is 0.0691. The number of amides is 1. The number of methoxy groups -OCH3 is 1. The Kier molecular flexibility index (Phi) is 6.07. The minimum absolute atomic E-state index is 0.0855. The number of rotatable bonds is 4. The number of hydrogen-bond acceptors (Lipinski definition) is 3. The number of carbonyl (C=O) groups is 1. The van der Waals surface area contributed by atoms with Crippen molar-refractivity contribution in [2.75, 3.05) is 33.3 Å². The Morgan fingerprint density at radius 3 is 2.23 bits per heavy atom. The van der Waals surface area contributed by atoms with E-state index in [1.54, 1.807) is 7.11 Å². The molecule has 6 heteroatoms. The highest BCUT2D eigenvalue weighted by Crippen LogP contribution is 2.12. The molecule has 0 bridgehead atoms. The molecule has 1 amide bonds. The number of nitrogens with zero attached hydrogens (tertiary/aromatic N) is 2. The van der Waals surface area contributed by atoms with Gasteiger partial charge in [-0.15, -0.1) is 0 Å². The van der Waals surface area contributed by atoms with E-state index in [0.717, 1.165) is 35.1 Å². The van der Waals surface area contributed by atoms with Gasteiger partial charge in [0.2, 0.25) is 0 Å². The zero-order valence-corrected chi connectivity index (χ0v) is 15.7. The van der Waals surface area contributed by atoms with Crippen molar-refractivity contribution in [2.24, 2.45) is 0 Å². The molecule has 0 atom stereocenters. The lowest BCUT2D eigenvalue weighted by Gasteiger charge is -2.36. The van der Waals surface area contributed by atoms with Gasteiger partial charge in [-0.2, -0.15) is 0 Å². The number of ether oxygens (including phenoxy) is 1. The van der Waals surface area contributed by atoms with Gasteiger partial charge in [-0.25, -0.2) is 0 Å². The van der Waals surface area contributed by atoms with E-state index in [9.17, 15) is 4.79 Å². The van der Waals surface area contributed by atoms with Crippen molar-refractivity contribution in [3.8, 4) is 5.75 Å². The van der Waals surface area contributed by atoms with Crippen LogP contribution in [0, 0.1) is 0 Å². The van der Waals surface area contributed by atoms with Gasteiger partial charge in [0.25, 0.3) is 5.91 Å². The summed E-state index contributed by atoms with van der Waals surface area (Å²) in [6, 6.07) is 17.3. The number of thiocarbonyl (C=S) groups is 1. The van der Waals surface area contributed by atoms with Gasteiger partial charge >= 0.3 is 0 Å². The molecule has 3 rings (SSSR count). The standard InChI is InChI=1S/C20H23N3O2S/c1-25-18-9-7-16(8-10-18)15-21-20(26)23-13-11-22(12-14-23)19(24)17-5-3-2-4-6-17/h2-10H,11-15H2,1H3,(H,21,26). The maximum absolute atomic E-state index is 12.5. The van der Waals surface area contributed by atoms with Gasteiger partial charge in [-0.1, -0.05) is 30.3 Å². The lowest BCUT2D eigenvalue weighted by Crippen LogP contribution is -2.52. The molecule has 0 aliphatic carbocycles. The third kappa shape index (κ3) is 4.52. The first-order chi connectivity index (χ1) is 12.7. The van der Waals surface area contributed by atoms with Crippen molar-refractivity contribution >= 4 is 23.2 Å². The fraction of sp³-hybridized carbons (Fsp3) is 0.300. The van der Waals surface area contributed by atoms with E-state index < -0.39 is 0 Å². The summed E-state index contributed by atoms with van der Waals surface area (Å²) in [7, 11) is 1.66. The summed E-state index contributed by atoms with van der Waals surface area (Å²) in [6.07, 6.45) is 0. The van der Waals surface area contributed by atoms with Crippen molar-refractivity contribution in [1.82, 2.24) is 15.1 Å². The van der Waals surface area contributed by atoms with E-state index in [-0.39, 0.29) is 5.91 Å². The molecular formula is C20H23N3O2S. The molecule has 1 aliphatic heterocycles. The van der Waals surface area contributed by atoms with Crippen molar-refractivity contribution in [1.29, 1.82) is 0 Å². The quantitative estimate of drug-likeness (QED) is 0.839. The Morgan fingerprint density at radius 1 is 1.00 bits per heavy atom. The topological polar surface area (TPSA) is 44.8 Å². The fourth-order valence-corrected chi connectivity index (χ4v) is 3.16. The largest absolute Gasteiger partial charge is 0.497 e. The van der Waals surface area contributed by atoms with Crippen molar-refractivity contribution < 1.29 is 9.53 Å². The molecule has 0 aromatic heterocycles. The van der Waals surface area contributed by atoms with Crippen LogP contribution < -0.4 is 10.1 Å². The molecule has 1 saturated heterocycles. The Labute approximate surface area is 159 Å². The summed E-state index contributed by atoms with van der Waals surface area (Å²) in [5.41, 5.74) is 1.88. The second-order valence-corrected chi connectivity index (χ2v) is 6.54. The van der Waals surface area contributed by atoms with E-state index in [4.69, 9.17) is 17.0 Å². The summed E-state index contributed by atoms with van der Waals surface area (Å²) < 4.78 is 5.16. The van der Waals surface area contributed by atoms with Gasteiger partial charge in [0.1, 0.15) is 5.75 Å². The first-order valence-electron chi connectivity index (χ1n) is 8.67. The molecule has 0 radical (unpaired) electrons. The molecule has 1 fully saturated rings. The molecule has 26 heavy (non-hydrogen) atoms. The number of hydrogen-bond donors (Lipinski definition) is 1. The Bertz CT molecular complexity index is 741. The third-order valence-electron chi connectivity index (χ3n) is 4.48. The van der Waals surface area contributed by atoms with E-state index in [0.29, 0.717) is 19.6 Å². The Morgan fingerprint density at radius 2 is 1.62 bits per heavy atom. The van der Waals surface area contributed by atoms with Crippen LogP contribution in [-0.4, -0.2) is 54.1 Å². The molecule has 0 saturated carbocycles. The maximum atomic E-state index is 12.5. The smallest absolute Gasteiger partial charge is 0.253 e. The van der Waals surface area contributed by atoms with E-state index in [2.05, 4.69) is 10.2 Å². The van der Waals surface area contributed by atoms with Crippen LogP contribution >= 0.6 is 12.2 Å². The lowest BCUT2D eigenvalue weighted by atomic mass is 10.2. The molecule has 0 unspecified atom stereocenters. The monoisotopic (exact) mass is 369 g/mol. The highest BCUT2D eigenvalue weighted by molar-refractivity contribution is 7.80. The van der Waals surface area contributed by atoms with E-state index in [1.807, 2.05) is 59.5 Å². The first-order valence-corrected chi connectivity index (χ1v) is 9.08. The van der Waals surface area contributed by atoms with Crippen molar-refractivity contribution in [2.45, 2.75) is 6.54 Å². The van der Waals surface area contributed by atoms with Crippen LogP contribution in [0.4, 0.5) is 0 Å². The predicted octanol–water partition coefficient (Wildman–Crippen LogP) is 2.53. The van der Waals surface area contributed by atoms with Crippen molar-refractivity contribution in [3.05, 3.63) is 65.7 Å². The van der Waals surface area contributed by atoms with Gasteiger partial charge in [0.15, 0.2) is 5.11 Å². The van der Waals surface area contributed by atoms with Gasteiger partial charge in [0.05, 0.1) is 7.11 Å². The van der Waals surface area contributed by atoms with E-state index in [1.165, 1.54) is 0 Å². The van der Waals surface area contributed by atoms with Crippen LogP contribution in [0.2, 0.25) is 0 Å². The van der Waals surface area contributed by atoms with Crippen LogP contribution in [0.15, 0.2) is 54.6 Å². The molecule has 136 valence electrons. The molecule has 2 aromatic carbocycles. The second-order valence-electron chi connectivity index (χ2n) is 6.15. The molecule has 2 aromatic rings. The molecule has 1 heterocycles. The van der Waals surface area contributed by atoms with Gasteiger partial charge < -0.3 is 19.9 Å². The predicted molar refractivity (Wildman–Crippen MR) is 106 cm³/mol. The zero-order chi connectivity index (χ0) is 18.4. The SMILES string of the molecule is COc1ccc(CNC(=S)N2CCN(C(=O)c3ccccc3)CC2)cc1. The maximum Gasteiger partial charge on any atom is 0.253 e. The number of carbonyl (C=O) groups excluding carboxylic acids is 1. The molecule has 1 aliphatic rings. The van der Waals surface area contributed by atoms with Crippen LogP contribution in [0.1, 0.15) is 15.9 Å².